The normalized spacial score (nSPS) is 10.7. The van der Waals surface area contributed by atoms with Crippen molar-refractivity contribution < 1.29 is 9.53 Å². The number of aromatic nitrogens is 6. The number of nitrogens with zero attached hydrogens (tertiary/aromatic N) is 6. The summed E-state index contributed by atoms with van der Waals surface area (Å²) in [7, 11) is 0. The summed E-state index contributed by atoms with van der Waals surface area (Å²) >= 11 is 0. The Kier molecular flexibility index (Phi) is 6.84. The molecule has 168 valence electrons. The van der Waals surface area contributed by atoms with Crippen LogP contribution in [0, 0.1) is 0 Å². The van der Waals surface area contributed by atoms with Gasteiger partial charge in [0.1, 0.15) is 12.1 Å². The largest absolute Gasteiger partial charge is 0.494 e. The number of tetrazole rings is 1. The smallest absolute Gasteiger partial charge is 0.253 e. The van der Waals surface area contributed by atoms with E-state index >= 15 is 0 Å². The summed E-state index contributed by atoms with van der Waals surface area (Å²) < 4.78 is 8.47. The number of hydrogen-bond acceptors (Lipinski definition) is 7. The van der Waals surface area contributed by atoms with Gasteiger partial charge in [-0.2, -0.15) is 0 Å². The van der Waals surface area contributed by atoms with E-state index < -0.39 is 0 Å². The zero-order valence-electron chi connectivity index (χ0n) is 18.1. The summed E-state index contributed by atoms with van der Waals surface area (Å²) in [5.41, 5.74) is 2.75. The van der Waals surface area contributed by atoms with Gasteiger partial charge in [-0.3, -0.25) is 14.2 Å². The number of hydrogen-bond donors (Lipinski definition) is 1. The van der Waals surface area contributed by atoms with Crippen LogP contribution >= 0.6 is 0 Å². The van der Waals surface area contributed by atoms with Gasteiger partial charge in [0.25, 0.3) is 5.56 Å². The molecule has 2 aromatic carbocycles. The van der Waals surface area contributed by atoms with E-state index in [0.29, 0.717) is 31.0 Å². The molecule has 0 saturated carbocycles. The van der Waals surface area contributed by atoms with Crippen LogP contribution in [0.25, 0.3) is 16.9 Å². The number of amides is 1. The average molecular weight is 445 g/mol. The van der Waals surface area contributed by atoms with Gasteiger partial charge in [-0.1, -0.05) is 0 Å². The van der Waals surface area contributed by atoms with Crippen LogP contribution in [-0.4, -0.2) is 42.3 Å². The summed E-state index contributed by atoms with van der Waals surface area (Å²) in [4.78, 5) is 29.1. The Balaban J connectivity index is 1.28. The summed E-state index contributed by atoms with van der Waals surface area (Å²) in [6.45, 7) is 2.93. The van der Waals surface area contributed by atoms with Crippen molar-refractivity contribution in [3.05, 3.63) is 77.6 Å². The lowest BCUT2D eigenvalue weighted by Crippen LogP contribution is -2.21. The maximum absolute atomic E-state index is 12.5. The molecule has 0 aliphatic heterocycles. The van der Waals surface area contributed by atoms with E-state index in [-0.39, 0.29) is 17.9 Å². The monoisotopic (exact) mass is 445 g/mol. The van der Waals surface area contributed by atoms with Crippen molar-refractivity contribution in [3.8, 4) is 22.7 Å². The SMILES string of the molecule is CCOc1ccc(-c2cc(=O)n(CCCC(=O)Nc3ccc(-n4cnnn4)cc3)cn2)cc1. The van der Waals surface area contributed by atoms with Crippen LogP contribution in [0.5, 0.6) is 5.75 Å². The van der Waals surface area contributed by atoms with Crippen molar-refractivity contribution in [3.63, 3.8) is 0 Å². The maximum Gasteiger partial charge on any atom is 0.253 e. The average Bonchev–Trinajstić information content (AvgIpc) is 3.36. The zero-order valence-corrected chi connectivity index (χ0v) is 18.1. The summed E-state index contributed by atoms with van der Waals surface area (Å²) in [6.07, 6.45) is 3.80. The standard InChI is InChI=1S/C23H23N7O3/c1-2-33-20-11-5-17(6-12-20)21-14-23(32)29(15-24-21)13-3-4-22(31)26-18-7-9-19(10-8-18)30-16-25-27-28-30/h5-12,14-16H,2-4,13H2,1H3,(H,26,31). The van der Waals surface area contributed by atoms with E-state index in [9.17, 15) is 9.59 Å². The predicted octanol–water partition coefficient (Wildman–Crippen LogP) is 2.70. The second-order valence-electron chi connectivity index (χ2n) is 7.22. The van der Waals surface area contributed by atoms with Gasteiger partial charge >= 0.3 is 0 Å². The molecule has 0 spiro atoms. The fourth-order valence-corrected chi connectivity index (χ4v) is 3.25. The fourth-order valence-electron chi connectivity index (χ4n) is 3.25. The number of carbonyl (C=O) groups excluding carboxylic acids is 1. The van der Waals surface area contributed by atoms with Gasteiger partial charge in [-0.15, -0.1) is 5.10 Å². The highest BCUT2D eigenvalue weighted by Crippen LogP contribution is 2.19. The third kappa shape index (κ3) is 5.67. The summed E-state index contributed by atoms with van der Waals surface area (Å²) in [5.74, 6) is 0.647. The molecule has 0 bridgehead atoms. The van der Waals surface area contributed by atoms with Gasteiger partial charge in [-0.05, 0) is 72.3 Å². The van der Waals surface area contributed by atoms with Gasteiger partial charge in [0.15, 0.2) is 0 Å². The van der Waals surface area contributed by atoms with Crippen LogP contribution in [0.15, 0.2) is 72.0 Å². The van der Waals surface area contributed by atoms with Crippen molar-refractivity contribution in [1.29, 1.82) is 0 Å². The first-order valence-corrected chi connectivity index (χ1v) is 10.6. The number of anilines is 1. The molecule has 0 saturated heterocycles. The van der Waals surface area contributed by atoms with E-state index in [1.54, 1.807) is 12.1 Å². The quantitative estimate of drug-likeness (QED) is 0.421. The highest BCUT2D eigenvalue weighted by Gasteiger charge is 2.07. The van der Waals surface area contributed by atoms with Gasteiger partial charge in [0, 0.05) is 30.3 Å². The van der Waals surface area contributed by atoms with E-state index in [1.165, 1.54) is 28.0 Å². The third-order valence-corrected chi connectivity index (χ3v) is 4.91. The molecule has 1 amide bonds. The van der Waals surface area contributed by atoms with Crippen LogP contribution in [0.2, 0.25) is 0 Å². The summed E-state index contributed by atoms with van der Waals surface area (Å²) in [6, 6.07) is 16.1. The van der Waals surface area contributed by atoms with Gasteiger partial charge in [-0.25, -0.2) is 9.67 Å². The Labute approximate surface area is 189 Å². The first kappa shape index (κ1) is 21.9. The van der Waals surface area contributed by atoms with E-state index in [2.05, 4.69) is 25.8 Å². The molecule has 4 rings (SSSR count). The molecule has 0 atom stereocenters. The van der Waals surface area contributed by atoms with Gasteiger partial charge < -0.3 is 10.1 Å². The molecule has 0 radical (unpaired) electrons. The number of ether oxygens (including phenoxy) is 1. The molecule has 0 aliphatic rings. The highest BCUT2D eigenvalue weighted by atomic mass is 16.5. The molecule has 2 aromatic heterocycles. The van der Waals surface area contributed by atoms with Gasteiger partial charge in [0.05, 0.1) is 24.3 Å². The second kappa shape index (κ2) is 10.3. The molecular formula is C23H23N7O3. The molecule has 10 nitrogen and oxygen atoms in total. The van der Waals surface area contributed by atoms with Crippen molar-refractivity contribution in [2.24, 2.45) is 0 Å². The molecular weight excluding hydrogens is 422 g/mol. The molecule has 2 heterocycles. The first-order chi connectivity index (χ1) is 16.1. The van der Waals surface area contributed by atoms with Crippen LogP contribution < -0.4 is 15.6 Å². The molecule has 33 heavy (non-hydrogen) atoms. The Morgan fingerprint density at radius 2 is 1.85 bits per heavy atom. The van der Waals surface area contributed by atoms with Crippen LogP contribution in [-0.2, 0) is 11.3 Å². The number of aryl methyl sites for hydroxylation is 1. The lowest BCUT2D eigenvalue weighted by atomic mass is 10.1. The molecule has 10 heteroatoms. The van der Waals surface area contributed by atoms with Crippen LogP contribution in [0.4, 0.5) is 5.69 Å². The number of carbonyl (C=O) groups is 1. The van der Waals surface area contributed by atoms with Crippen LogP contribution in [0.1, 0.15) is 19.8 Å². The minimum atomic E-state index is -0.160. The predicted molar refractivity (Wildman–Crippen MR) is 122 cm³/mol. The topological polar surface area (TPSA) is 117 Å². The maximum atomic E-state index is 12.5. The lowest BCUT2D eigenvalue weighted by Gasteiger charge is -2.09. The number of benzene rings is 2. The molecule has 4 aromatic rings. The lowest BCUT2D eigenvalue weighted by molar-refractivity contribution is -0.116. The molecule has 1 N–H and O–H groups in total. The zero-order chi connectivity index (χ0) is 23.0. The molecule has 0 fully saturated rings. The number of rotatable bonds is 9. The highest BCUT2D eigenvalue weighted by molar-refractivity contribution is 5.90. The van der Waals surface area contributed by atoms with Crippen molar-refractivity contribution in [2.75, 3.05) is 11.9 Å². The molecule has 0 aliphatic carbocycles. The van der Waals surface area contributed by atoms with Gasteiger partial charge in [0.2, 0.25) is 5.91 Å². The van der Waals surface area contributed by atoms with E-state index in [1.807, 2.05) is 43.3 Å². The van der Waals surface area contributed by atoms with Crippen molar-refractivity contribution >= 4 is 11.6 Å². The summed E-state index contributed by atoms with van der Waals surface area (Å²) in [5, 5.41) is 13.8. The number of nitrogens with one attached hydrogen (secondary N) is 1. The van der Waals surface area contributed by atoms with E-state index in [4.69, 9.17) is 4.74 Å². The Bertz CT molecular complexity index is 1250. The van der Waals surface area contributed by atoms with Crippen LogP contribution in [0.3, 0.4) is 0 Å². The fraction of sp³-hybridized carbons (Fsp3) is 0.217. The van der Waals surface area contributed by atoms with Crippen molar-refractivity contribution in [1.82, 2.24) is 29.8 Å². The van der Waals surface area contributed by atoms with E-state index in [0.717, 1.165) is 17.0 Å². The Morgan fingerprint density at radius 3 is 2.52 bits per heavy atom. The first-order valence-electron chi connectivity index (χ1n) is 10.6. The van der Waals surface area contributed by atoms with Crippen molar-refractivity contribution in [2.45, 2.75) is 26.3 Å². The second-order valence-corrected chi connectivity index (χ2v) is 7.22. The third-order valence-electron chi connectivity index (χ3n) is 4.91. The Hall–Kier alpha value is -4.34. The molecule has 0 unspecified atom stereocenters. The minimum absolute atomic E-state index is 0.128. The minimum Gasteiger partial charge on any atom is -0.494 e. The Morgan fingerprint density at radius 1 is 1.06 bits per heavy atom.